The molecule has 0 aliphatic heterocycles. The lowest BCUT2D eigenvalue weighted by Gasteiger charge is -2.26. The summed E-state index contributed by atoms with van der Waals surface area (Å²) in [7, 11) is 1.95. The lowest BCUT2D eigenvalue weighted by Crippen LogP contribution is -2.20. The fraction of sp³-hybridized carbons (Fsp3) is 0.800. The molecule has 80 valence electrons. The molecule has 0 aliphatic carbocycles. The van der Waals surface area contributed by atoms with Gasteiger partial charge in [-0.1, -0.05) is 27.7 Å². The summed E-state index contributed by atoms with van der Waals surface area (Å²) in [6.45, 7) is 8.99. The van der Waals surface area contributed by atoms with Crippen LogP contribution in [0.3, 0.4) is 0 Å². The van der Waals surface area contributed by atoms with E-state index in [0.29, 0.717) is 16.1 Å². The van der Waals surface area contributed by atoms with E-state index in [1.807, 2.05) is 11.6 Å². The number of aromatic nitrogens is 3. The van der Waals surface area contributed by atoms with Gasteiger partial charge in [0.15, 0.2) is 4.77 Å². The molecule has 0 amide bonds. The van der Waals surface area contributed by atoms with Crippen molar-refractivity contribution in [1.82, 2.24) is 14.8 Å². The fourth-order valence-electron chi connectivity index (χ4n) is 1.14. The first-order valence-electron chi connectivity index (χ1n) is 4.92. The van der Waals surface area contributed by atoms with Gasteiger partial charge in [0.1, 0.15) is 5.82 Å². The number of H-pyrrole nitrogens is 1. The number of aromatic amines is 1. The molecule has 0 saturated carbocycles. The van der Waals surface area contributed by atoms with E-state index >= 15 is 0 Å². The molecule has 1 rings (SSSR count). The zero-order valence-electron chi connectivity index (χ0n) is 9.59. The molecular formula is C10H19N3S. The Morgan fingerprint density at radius 2 is 2.07 bits per heavy atom. The van der Waals surface area contributed by atoms with Gasteiger partial charge in [0.25, 0.3) is 0 Å². The Morgan fingerprint density at radius 1 is 1.50 bits per heavy atom. The molecule has 0 spiro atoms. The van der Waals surface area contributed by atoms with Gasteiger partial charge in [-0.15, -0.1) is 0 Å². The lowest BCUT2D eigenvalue weighted by molar-refractivity contribution is 0.255. The first-order chi connectivity index (χ1) is 6.32. The zero-order chi connectivity index (χ0) is 10.9. The van der Waals surface area contributed by atoms with Gasteiger partial charge >= 0.3 is 0 Å². The Morgan fingerprint density at radius 3 is 2.43 bits per heavy atom. The number of hydrogen-bond acceptors (Lipinski definition) is 2. The normalized spacial score (nSPS) is 14.4. The van der Waals surface area contributed by atoms with Crippen LogP contribution in [-0.4, -0.2) is 14.8 Å². The Hall–Kier alpha value is -0.640. The van der Waals surface area contributed by atoms with Crippen LogP contribution in [0.5, 0.6) is 0 Å². The molecule has 1 heterocycles. The summed E-state index contributed by atoms with van der Waals surface area (Å²) in [4.78, 5) is 0. The van der Waals surface area contributed by atoms with Gasteiger partial charge in [0, 0.05) is 13.5 Å². The van der Waals surface area contributed by atoms with E-state index < -0.39 is 0 Å². The first kappa shape index (κ1) is 11.4. The van der Waals surface area contributed by atoms with Crippen LogP contribution in [0, 0.1) is 16.1 Å². The molecule has 1 unspecified atom stereocenters. The van der Waals surface area contributed by atoms with Crippen LogP contribution < -0.4 is 0 Å². The van der Waals surface area contributed by atoms with Crippen molar-refractivity contribution in [3.8, 4) is 0 Å². The van der Waals surface area contributed by atoms with Crippen molar-refractivity contribution in [3.63, 3.8) is 0 Å². The molecule has 1 atom stereocenters. The van der Waals surface area contributed by atoms with E-state index in [4.69, 9.17) is 12.2 Å². The van der Waals surface area contributed by atoms with Crippen molar-refractivity contribution in [2.75, 3.05) is 0 Å². The largest absolute Gasteiger partial charge is 0.307 e. The second-order valence-electron chi connectivity index (χ2n) is 4.98. The standard InChI is InChI=1S/C10H19N3S/c1-7(10(2,3)4)6-8-11-12-9(14)13(8)5/h7H,6H2,1-5H3,(H,12,14). The fourth-order valence-corrected chi connectivity index (χ4v) is 1.29. The van der Waals surface area contributed by atoms with Crippen molar-refractivity contribution in [1.29, 1.82) is 0 Å². The minimum atomic E-state index is 0.313. The highest BCUT2D eigenvalue weighted by Crippen LogP contribution is 2.27. The van der Waals surface area contributed by atoms with Gasteiger partial charge in [-0.3, -0.25) is 5.10 Å². The van der Waals surface area contributed by atoms with Gasteiger partial charge in [0.05, 0.1) is 0 Å². The van der Waals surface area contributed by atoms with E-state index in [1.54, 1.807) is 0 Å². The molecule has 3 nitrogen and oxygen atoms in total. The molecule has 4 heteroatoms. The van der Waals surface area contributed by atoms with Gasteiger partial charge in [-0.2, -0.15) is 5.10 Å². The van der Waals surface area contributed by atoms with Gasteiger partial charge in [-0.05, 0) is 23.6 Å². The highest BCUT2D eigenvalue weighted by atomic mass is 32.1. The van der Waals surface area contributed by atoms with Crippen molar-refractivity contribution in [3.05, 3.63) is 10.6 Å². The molecule has 0 saturated heterocycles. The minimum Gasteiger partial charge on any atom is -0.307 e. The van der Waals surface area contributed by atoms with Crippen LogP contribution in [0.4, 0.5) is 0 Å². The Labute approximate surface area is 90.5 Å². The molecule has 1 N–H and O–H groups in total. The highest BCUT2D eigenvalue weighted by Gasteiger charge is 2.21. The second kappa shape index (κ2) is 3.85. The summed E-state index contributed by atoms with van der Waals surface area (Å²) in [5, 5.41) is 7.02. The van der Waals surface area contributed by atoms with E-state index in [9.17, 15) is 0 Å². The van der Waals surface area contributed by atoms with Crippen molar-refractivity contribution >= 4 is 12.2 Å². The summed E-state index contributed by atoms with van der Waals surface area (Å²) in [6.07, 6.45) is 0.965. The predicted molar refractivity (Wildman–Crippen MR) is 60.7 cm³/mol. The maximum absolute atomic E-state index is 5.07. The zero-order valence-corrected chi connectivity index (χ0v) is 10.4. The van der Waals surface area contributed by atoms with Gasteiger partial charge < -0.3 is 4.57 Å². The predicted octanol–water partition coefficient (Wildman–Crippen LogP) is 2.70. The monoisotopic (exact) mass is 213 g/mol. The van der Waals surface area contributed by atoms with Gasteiger partial charge in [-0.25, -0.2) is 0 Å². The maximum Gasteiger partial charge on any atom is 0.194 e. The summed E-state index contributed by atoms with van der Waals surface area (Å²) in [5.74, 6) is 1.63. The molecule has 14 heavy (non-hydrogen) atoms. The highest BCUT2D eigenvalue weighted by molar-refractivity contribution is 7.71. The first-order valence-corrected chi connectivity index (χ1v) is 5.33. The molecule has 0 fully saturated rings. The molecular weight excluding hydrogens is 194 g/mol. The SMILES string of the molecule is CC(Cc1n[nH]c(=S)n1C)C(C)(C)C. The smallest absolute Gasteiger partial charge is 0.194 e. The quantitative estimate of drug-likeness (QED) is 0.766. The van der Waals surface area contributed by atoms with E-state index in [1.165, 1.54) is 0 Å². The molecule has 0 aliphatic rings. The van der Waals surface area contributed by atoms with E-state index in [2.05, 4.69) is 37.9 Å². The van der Waals surface area contributed by atoms with Crippen LogP contribution in [-0.2, 0) is 13.5 Å². The maximum atomic E-state index is 5.07. The Bertz CT molecular complexity index is 356. The summed E-state index contributed by atoms with van der Waals surface area (Å²) >= 11 is 5.07. The molecule has 0 radical (unpaired) electrons. The molecule has 0 bridgehead atoms. The van der Waals surface area contributed by atoms with Crippen LogP contribution >= 0.6 is 12.2 Å². The number of nitrogens with zero attached hydrogens (tertiary/aromatic N) is 2. The third-order valence-electron chi connectivity index (χ3n) is 2.94. The summed E-state index contributed by atoms with van der Waals surface area (Å²) in [5.41, 5.74) is 0.313. The Kier molecular flexibility index (Phi) is 3.14. The Balaban J connectivity index is 2.80. The van der Waals surface area contributed by atoms with Crippen LogP contribution in [0.1, 0.15) is 33.5 Å². The number of rotatable bonds is 2. The van der Waals surface area contributed by atoms with Crippen LogP contribution in [0.25, 0.3) is 0 Å². The van der Waals surface area contributed by atoms with Crippen molar-refractivity contribution in [2.24, 2.45) is 18.4 Å². The average Bonchev–Trinajstić information content (AvgIpc) is 2.34. The third kappa shape index (κ3) is 2.44. The van der Waals surface area contributed by atoms with E-state index in [-0.39, 0.29) is 0 Å². The third-order valence-corrected chi connectivity index (χ3v) is 3.30. The summed E-state index contributed by atoms with van der Waals surface area (Å²) in [6, 6.07) is 0. The molecule has 0 aromatic carbocycles. The van der Waals surface area contributed by atoms with E-state index in [0.717, 1.165) is 12.2 Å². The van der Waals surface area contributed by atoms with Crippen molar-refractivity contribution in [2.45, 2.75) is 34.1 Å². The topological polar surface area (TPSA) is 33.6 Å². The van der Waals surface area contributed by atoms with Crippen molar-refractivity contribution < 1.29 is 0 Å². The van der Waals surface area contributed by atoms with Gasteiger partial charge in [0.2, 0.25) is 0 Å². The van der Waals surface area contributed by atoms with Crippen LogP contribution in [0.15, 0.2) is 0 Å². The average molecular weight is 213 g/mol. The second-order valence-corrected chi connectivity index (χ2v) is 5.36. The number of hydrogen-bond donors (Lipinski definition) is 1. The molecule has 1 aromatic rings. The van der Waals surface area contributed by atoms with Crippen LogP contribution in [0.2, 0.25) is 0 Å². The molecule has 1 aromatic heterocycles. The lowest BCUT2D eigenvalue weighted by atomic mass is 9.80. The number of nitrogens with one attached hydrogen (secondary N) is 1. The summed E-state index contributed by atoms with van der Waals surface area (Å²) < 4.78 is 2.64. The minimum absolute atomic E-state index is 0.313.